The predicted octanol–water partition coefficient (Wildman–Crippen LogP) is 2.24. The van der Waals surface area contributed by atoms with Gasteiger partial charge < -0.3 is 10.1 Å². The molecule has 0 fully saturated rings. The van der Waals surface area contributed by atoms with Crippen LogP contribution in [-0.2, 0) is 6.42 Å². The summed E-state index contributed by atoms with van der Waals surface area (Å²) in [6, 6.07) is 8.43. The van der Waals surface area contributed by atoms with Crippen molar-refractivity contribution in [2.75, 3.05) is 14.2 Å². The molecule has 4 nitrogen and oxygen atoms in total. The number of benzene rings is 1. The second kappa shape index (κ2) is 5.69. The van der Waals surface area contributed by atoms with Crippen molar-refractivity contribution < 1.29 is 4.74 Å². The molecular formula is C14H19N3O. The van der Waals surface area contributed by atoms with E-state index in [1.165, 1.54) is 5.56 Å². The van der Waals surface area contributed by atoms with Gasteiger partial charge in [-0.1, -0.05) is 0 Å². The number of hydrogen-bond donors (Lipinski definition) is 2. The molecule has 1 aromatic heterocycles. The first-order valence-corrected chi connectivity index (χ1v) is 6.08. The second-order valence-electron chi connectivity index (χ2n) is 4.39. The van der Waals surface area contributed by atoms with Crippen molar-refractivity contribution in [3.63, 3.8) is 0 Å². The van der Waals surface area contributed by atoms with E-state index in [-0.39, 0.29) is 0 Å². The average molecular weight is 245 g/mol. The van der Waals surface area contributed by atoms with Crippen molar-refractivity contribution in [3.8, 4) is 17.0 Å². The average Bonchev–Trinajstić information content (AvgIpc) is 2.86. The fraction of sp³-hybridized carbons (Fsp3) is 0.357. The molecule has 0 aliphatic heterocycles. The molecule has 0 saturated heterocycles. The van der Waals surface area contributed by atoms with Crippen molar-refractivity contribution in [1.82, 2.24) is 15.5 Å². The predicted molar refractivity (Wildman–Crippen MR) is 72.8 cm³/mol. The molecule has 1 heterocycles. The van der Waals surface area contributed by atoms with E-state index >= 15 is 0 Å². The van der Waals surface area contributed by atoms with E-state index < -0.39 is 0 Å². The summed E-state index contributed by atoms with van der Waals surface area (Å²) >= 11 is 0. The topological polar surface area (TPSA) is 49.9 Å². The van der Waals surface area contributed by atoms with E-state index in [0.29, 0.717) is 6.04 Å². The van der Waals surface area contributed by atoms with Crippen LogP contribution in [0.4, 0.5) is 0 Å². The molecule has 0 radical (unpaired) electrons. The highest BCUT2D eigenvalue weighted by Crippen LogP contribution is 2.24. The van der Waals surface area contributed by atoms with Crippen molar-refractivity contribution >= 4 is 0 Å². The molecule has 0 aliphatic carbocycles. The van der Waals surface area contributed by atoms with Gasteiger partial charge in [-0.05, 0) is 50.2 Å². The second-order valence-corrected chi connectivity index (χ2v) is 4.39. The van der Waals surface area contributed by atoms with E-state index in [9.17, 15) is 0 Å². The number of aromatic nitrogens is 2. The zero-order valence-corrected chi connectivity index (χ0v) is 11.0. The lowest BCUT2D eigenvalue weighted by atomic mass is 10.0. The molecule has 96 valence electrons. The Labute approximate surface area is 107 Å². The first-order chi connectivity index (χ1) is 8.74. The molecule has 2 aromatic rings. The molecule has 0 amide bonds. The third-order valence-electron chi connectivity index (χ3n) is 3.12. The Morgan fingerprint density at radius 2 is 2.06 bits per heavy atom. The Bertz CT molecular complexity index is 490. The van der Waals surface area contributed by atoms with Gasteiger partial charge in [0.1, 0.15) is 5.75 Å². The van der Waals surface area contributed by atoms with Gasteiger partial charge in [-0.15, -0.1) is 0 Å². The van der Waals surface area contributed by atoms with Gasteiger partial charge in [0, 0.05) is 11.6 Å². The fourth-order valence-electron chi connectivity index (χ4n) is 1.91. The van der Waals surface area contributed by atoms with Crippen LogP contribution in [-0.4, -0.2) is 30.4 Å². The van der Waals surface area contributed by atoms with Gasteiger partial charge in [0.05, 0.1) is 19.0 Å². The standard InChI is InChI=1S/C14H19N3O/c1-10(15-2)8-12-9-16-17-14(12)11-4-6-13(18-3)7-5-11/h4-7,9-10,15H,8H2,1-3H3,(H,16,17). The Balaban J connectivity index is 2.24. The number of ether oxygens (including phenoxy) is 1. The maximum absolute atomic E-state index is 5.16. The third kappa shape index (κ3) is 2.71. The monoisotopic (exact) mass is 245 g/mol. The number of nitrogens with zero attached hydrogens (tertiary/aromatic N) is 1. The Hall–Kier alpha value is -1.81. The summed E-state index contributed by atoms with van der Waals surface area (Å²) in [6.07, 6.45) is 2.85. The first-order valence-electron chi connectivity index (χ1n) is 6.08. The van der Waals surface area contributed by atoms with Crippen LogP contribution in [0.5, 0.6) is 5.75 Å². The first kappa shape index (κ1) is 12.6. The Kier molecular flexibility index (Phi) is 3.99. The molecule has 4 heteroatoms. The van der Waals surface area contributed by atoms with Crippen LogP contribution >= 0.6 is 0 Å². The molecule has 0 aliphatic rings. The van der Waals surface area contributed by atoms with Crippen LogP contribution in [0.15, 0.2) is 30.5 Å². The van der Waals surface area contributed by atoms with Crippen LogP contribution in [0, 0.1) is 0 Å². The molecule has 18 heavy (non-hydrogen) atoms. The summed E-state index contributed by atoms with van der Waals surface area (Å²) < 4.78 is 5.16. The molecule has 0 bridgehead atoms. The van der Waals surface area contributed by atoms with Gasteiger partial charge >= 0.3 is 0 Å². The fourth-order valence-corrected chi connectivity index (χ4v) is 1.91. The lowest BCUT2D eigenvalue weighted by molar-refractivity contribution is 0.415. The smallest absolute Gasteiger partial charge is 0.118 e. The molecule has 1 atom stereocenters. The van der Waals surface area contributed by atoms with Crippen LogP contribution < -0.4 is 10.1 Å². The summed E-state index contributed by atoms with van der Waals surface area (Å²) in [6.45, 7) is 2.16. The minimum atomic E-state index is 0.430. The van der Waals surface area contributed by atoms with Gasteiger partial charge in [0.2, 0.25) is 0 Å². The number of methoxy groups -OCH3 is 1. The Morgan fingerprint density at radius 1 is 1.33 bits per heavy atom. The zero-order chi connectivity index (χ0) is 13.0. The van der Waals surface area contributed by atoms with E-state index in [4.69, 9.17) is 4.74 Å². The number of nitrogens with one attached hydrogen (secondary N) is 2. The number of rotatable bonds is 5. The van der Waals surface area contributed by atoms with Crippen molar-refractivity contribution in [2.45, 2.75) is 19.4 Å². The Morgan fingerprint density at radius 3 is 2.67 bits per heavy atom. The molecule has 0 spiro atoms. The highest BCUT2D eigenvalue weighted by Gasteiger charge is 2.10. The molecule has 0 saturated carbocycles. The van der Waals surface area contributed by atoms with Crippen molar-refractivity contribution in [2.24, 2.45) is 0 Å². The van der Waals surface area contributed by atoms with E-state index in [1.807, 2.05) is 37.5 Å². The van der Waals surface area contributed by atoms with Crippen LogP contribution in [0.3, 0.4) is 0 Å². The number of H-pyrrole nitrogens is 1. The van der Waals surface area contributed by atoms with Crippen molar-refractivity contribution in [3.05, 3.63) is 36.0 Å². The normalized spacial score (nSPS) is 12.4. The van der Waals surface area contributed by atoms with E-state index in [2.05, 4.69) is 22.4 Å². The largest absolute Gasteiger partial charge is 0.497 e. The summed E-state index contributed by atoms with van der Waals surface area (Å²) in [5.74, 6) is 0.864. The molecule has 2 N–H and O–H groups in total. The highest BCUT2D eigenvalue weighted by molar-refractivity contribution is 5.63. The highest BCUT2D eigenvalue weighted by atomic mass is 16.5. The van der Waals surface area contributed by atoms with Gasteiger partial charge in [0.15, 0.2) is 0 Å². The van der Waals surface area contributed by atoms with E-state index in [0.717, 1.165) is 23.4 Å². The van der Waals surface area contributed by atoms with E-state index in [1.54, 1.807) is 7.11 Å². The molecular weight excluding hydrogens is 226 g/mol. The van der Waals surface area contributed by atoms with Crippen LogP contribution in [0.25, 0.3) is 11.3 Å². The zero-order valence-electron chi connectivity index (χ0n) is 11.0. The van der Waals surface area contributed by atoms with Gasteiger partial charge in [-0.25, -0.2) is 0 Å². The lowest BCUT2D eigenvalue weighted by Crippen LogP contribution is -2.23. The number of aromatic amines is 1. The summed E-state index contributed by atoms with van der Waals surface area (Å²) in [4.78, 5) is 0. The van der Waals surface area contributed by atoms with Crippen LogP contribution in [0.2, 0.25) is 0 Å². The minimum Gasteiger partial charge on any atom is -0.497 e. The van der Waals surface area contributed by atoms with Gasteiger partial charge in [0.25, 0.3) is 0 Å². The summed E-state index contributed by atoms with van der Waals surface area (Å²) in [5.41, 5.74) is 3.44. The van der Waals surface area contributed by atoms with Gasteiger partial charge in [-0.3, -0.25) is 5.10 Å². The van der Waals surface area contributed by atoms with Crippen molar-refractivity contribution in [1.29, 1.82) is 0 Å². The minimum absolute atomic E-state index is 0.430. The SMILES string of the molecule is CNC(C)Cc1cn[nH]c1-c1ccc(OC)cc1. The maximum atomic E-state index is 5.16. The molecule has 2 rings (SSSR count). The quantitative estimate of drug-likeness (QED) is 0.849. The lowest BCUT2D eigenvalue weighted by Gasteiger charge is -2.10. The summed E-state index contributed by atoms with van der Waals surface area (Å²) in [5, 5.41) is 10.5. The number of likely N-dealkylation sites (N-methyl/N-ethyl adjacent to an activating group) is 1. The number of hydrogen-bond acceptors (Lipinski definition) is 3. The third-order valence-corrected chi connectivity index (χ3v) is 3.12. The van der Waals surface area contributed by atoms with Crippen LogP contribution in [0.1, 0.15) is 12.5 Å². The molecule has 1 aromatic carbocycles. The van der Waals surface area contributed by atoms with Gasteiger partial charge in [-0.2, -0.15) is 5.10 Å². The summed E-state index contributed by atoms with van der Waals surface area (Å²) in [7, 11) is 3.64. The molecule has 1 unspecified atom stereocenters. The maximum Gasteiger partial charge on any atom is 0.118 e.